The maximum atomic E-state index is 14.4. The maximum absolute atomic E-state index is 14.4. The number of rotatable bonds is 5. The zero-order valence-corrected chi connectivity index (χ0v) is 22.6. The molecule has 5 nitrogen and oxygen atoms in total. The van der Waals surface area contributed by atoms with E-state index in [1.807, 2.05) is 36.9 Å². The van der Waals surface area contributed by atoms with E-state index in [4.69, 9.17) is 0 Å². The molecule has 0 aromatic heterocycles. The zero-order valence-electron chi connectivity index (χ0n) is 22.6. The first-order valence-corrected chi connectivity index (χ1v) is 13.3. The molecule has 0 bridgehead atoms. The molecule has 0 aliphatic carbocycles. The Morgan fingerprint density at radius 1 is 1.00 bits per heavy atom. The fourth-order valence-electron chi connectivity index (χ4n) is 4.93. The summed E-state index contributed by atoms with van der Waals surface area (Å²) in [4.78, 5) is 30.1. The summed E-state index contributed by atoms with van der Waals surface area (Å²) in [7, 11) is 0. The summed E-state index contributed by atoms with van der Waals surface area (Å²) in [5.74, 6) is -0.443. The first-order valence-electron chi connectivity index (χ1n) is 13.3. The number of amides is 2. The van der Waals surface area contributed by atoms with Gasteiger partial charge in [-0.15, -0.1) is 0 Å². The van der Waals surface area contributed by atoms with Crippen molar-refractivity contribution in [3.05, 3.63) is 65.0 Å². The lowest BCUT2D eigenvalue weighted by Gasteiger charge is -2.31. The molecule has 1 aliphatic rings. The molecule has 36 heavy (non-hydrogen) atoms. The fourth-order valence-corrected chi connectivity index (χ4v) is 4.93. The van der Waals surface area contributed by atoms with Gasteiger partial charge in [-0.1, -0.05) is 51.3 Å². The quantitative estimate of drug-likeness (QED) is 0.549. The lowest BCUT2D eigenvalue weighted by atomic mass is 9.84. The van der Waals surface area contributed by atoms with Gasteiger partial charge in [0.15, 0.2) is 0 Å². The van der Waals surface area contributed by atoms with Crippen LogP contribution in [0.3, 0.4) is 0 Å². The molecule has 6 heteroatoms. The summed E-state index contributed by atoms with van der Waals surface area (Å²) in [6, 6.07) is 12.7. The molecule has 0 fully saturated rings. The summed E-state index contributed by atoms with van der Waals surface area (Å²) < 4.78 is 14.4. The summed E-state index contributed by atoms with van der Waals surface area (Å²) in [5.41, 5.74) is 2.44. The second-order valence-electron chi connectivity index (χ2n) is 10.9. The Labute approximate surface area is 216 Å². The number of carbonyl (C=O) groups excluding carboxylic acids is 2. The molecule has 0 saturated carbocycles. The van der Waals surface area contributed by atoms with Crippen molar-refractivity contribution in [2.45, 2.75) is 84.7 Å². The van der Waals surface area contributed by atoms with Crippen LogP contribution in [0.2, 0.25) is 0 Å². The van der Waals surface area contributed by atoms with Crippen molar-refractivity contribution in [2.75, 3.05) is 24.5 Å². The molecule has 1 aliphatic heterocycles. The van der Waals surface area contributed by atoms with Gasteiger partial charge in [0.05, 0.1) is 0 Å². The summed E-state index contributed by atoms with van der Waals surface area (Å²) in [6.07, 6.45) is 5.61. The predicted octanol–water partition coefficient (Wildman–Crippen LogP) is 6.06. The van der Waals surface area contributed by atoms with Crippen LogP contribution in [0.15, 0.2) is 42.5 Å². The van der Waals surface area contributed by atoms with Crippen LogP contribution < -0.4 is 10.2 Å². The number of hydrogen-bond acceptors (Lipinski definition) is 3. The third-order valence-corrected chi connectivity index (χ3v) is 7.24. The number of benzene rings is 2. The predicted molar refractivity (Wildman–Crippen MR) is 145 cm³/mol. The molecule has 3 rings (SSSR count). The average Bonchev–Trinajstić information content (AvgIpc) is 2.82. The second-order valence-corrected chi connectivity index (χ2v) is 10.9. The second kappa shape index (κ2) is 12.5. The molecule has 2 aromatic rings. The maximum Gasteiger partial charge on any atom is 0.251 e. The van der Waals surface area contributed by atoms with Crippen LogP contribution in [-0.2, 0) is 16.8 Å². The van der Waals surface area contributed by atoms with Gasteiger partial charge >= 0.3 is 0 Å². The van der Waals surface area contributed by atoms with Gasteiger partial charge in [0.2, 0.25) is 5.91 Å². The van der Waals surface area contributed by atoms with Gasteiger partial charge in [0, 0.05) is 49.3 Å². The van der Waals surface area contributed by atoms with Crippen LogP contribution >= 0.6 is 0 Å². The van der Waals surface area contributed by atoms with E-state index in [0.29, 0.717) is 36.8 Å². The van der Waals surface area contributed by atoms with E-state index in [0.717, 1.165) is 37.1 Å². The lowest BCUT2D eigenvalue weighted by Crippen LogP contribution is -2.37. The Morgan fingerprint density at radius 3 is 2.33 bits per heavy atom. The highest BCUT2D eigenvalue weighted by molar-refractivity contribution is 5.97. The van der Waals surface area contributed by atoms with Gasteiger partial charge in [-0.2, -0.15) is 0 Å². The molecular formula is C30H42FN3O2. The van der Waals surface area contributed by atoms with Gasteiger partial charge in [-0.25, -0.2) is 4.39 Å². The normalized spacial score (nSPS) is 16.1. The van der Waals surface area contributed by atoms with Crippen LogP contribution in [0, 0.1) is 5.82 Å². The van der Waals surface area contributed by atoms with Crippen molar-refractivity contribution < 1.29 is 14.0 Å². The lowest BCUT2D eigenvalue weighted by molar-refractivity contribution is -0.116. The summed E-state index contributed by atoms with van der Waals surface area (Å²) in [6.45, 7) is 12.5. The van der Waals surface area contributed by atoms with Crippen molar-refractivity contribution in [1.82, 2.24) is 10.2 Å². The minimum atomic E-state index is -0.558. The Balaban J connectivity index is 1.88. The Morgan fingerprint density at radius 2 is 1.67 bits per heavy atom. The molecule has 2 amide bonds. The highest BCUT2D eigenvalue weighted by Gasteiger charge is 2.26. The van der Waals surface area contributed by atoms with E-state index in [-0.39, 0.29) is 17.6 Å². The highest BCUT2D eigenvalue weighted by Crippen LogP contribution is 2.28. The molecule has 0 saturated heterocycles. The largest absolute Gasteiger partial charge is 0.351 e. The molecule has 0 atom stereocenters. The number of fused-ring (bicyclic) bond motifs is 1. The standard InChI is InChI=1S/C30H42FN3O2/c1-22(2)33-17-11-7-6-8-12-18-34(23(3)35)28-16-15-24(19-25(28)20-33)29(36)32-21-30(4,5)26-13-9-10-14-27(26)31/h9-10,13-16,19,22H,6-8,11-12,17-18,20-21H2,1-5H3,(H,32,36). The molecule has 0 unspecified atom stereocenters. The van der Waals surface area contributed by atoms with Crippen molar-refractivity contribution in [2.24, 2.45) is 0 Å². The molecule has 196 valence electrons. The van der Waals surface area contributed by atoms with Gasteiger partial charge in [-0.3, -0.25) is 14.5 Å². The summed E-state index contributed by atoms with van der Waals surface area (Å²) >= 11 is 0. The Hall–Kier alpha value is -2.73. The van der Waals surface area contributed by atoms with Gasteiger partial charge < -0.3 is 10.2 Å². The van der Waals surface area contributed by atoms with E-state index < -0.39 is 5.41 Å². The monoisotopic (exact) mass is 495 g/mol. The van der Waals surface area contributed by atoms with Crippen LogP contribution in [0.4, 0.5) is 10.1 Å². The fraction of sp³-hybridized carbons (Fsp3) is 0.533. The van der Waals surface area contributed by atoms with Gasteiger partial charge in [0.1, 0.15) is 5.82 Å². The number of halogens is 1. The molecular weight excluding hydrogens is 453 g/mol. The van der Waals surface area contributed by atoms with Crippen molar-refractivity contribution in [1.29, 1.82) is 0 Å². The zero-order chi connectivity index (χ0) is 26.3. The number of carbonyl (C=O) groups is 2. The Kier molecular flexibility index (Phi) is 9.66. The van der Waals surface area contributed by atoms with E-state index in [1.165, 1.54) is 18.9 Å². The summed E-state index contributed by atoms with van der Waals surface area (Å²) in [5, 5.41) is 3.01. The third kappa shape index (κ3) is 7.16. The first kappa shape index (κ1) is 27.9. The van der Waals surface area contributed by atoms with Crippen molar-refractivity contribution in [3.8, 4) is 0 Å². The Bertz CT molecular complexity index is 1050. The molecule has 0 spiro atoms. The minimum absolute atomic E-state index is 0.0215. The number of nitrogens with one attached hydrogen (secondary N) is 1. The topological polar surface area (TPSA) is 52.7 Å². The smallest absolute Gasteiger partial charge is 0.251 e. The first-order chi connectivity index (χ1) is 17.1. The van der Waals surface area contributed by atoms with E-state index >= 15 is 0 Å². The number of nitrogens with zero attached hydrogens (tertiary/aromatic N) is 2. The van der Waals surface area contributed by atoms with Crippen LogP contribution in [0.5, 0.6) is 0 Å². The molecule has 0 radical (unpaired) electrons. The molecule has 2 aromatic carbocycles. The highest BCUT2D eigenvalue weighted by atomic mass is 19.1. The van der Waals surface area contributed by atoms with Crippen LogP contribution in [0.25, 0.3) is 0 Å². The van der Waals surface area contributed by atoms with Crippen molar-refractivity contribution >= 4 is 17.5 Å². The van der Waals surface area contributed by atoms with Gasteiger partial charge in [-0.05, 0) is 68.6 Å². The minimum Gasteiger partial charge on any atom is -0.351 e. The van der Waals surface area contributed by atoms with Crippen molar-refractivity contribution in [3.63, 3.8) is 0 Å². The number of hydrogen-bond donors (Lipinski definition) is 1. The van der Waals surface area contributed by atoms with Crippen LogP contribution in [-0.4, -0.2) is 42.4 Å². The van der Waals surface area contributed by atoms with E-state index in [1.54, 1.807) is 25.1 Å². The molecule has 1 N–H and O–H groups in total. The van der Waals surface area contributed by atoms with E-state index in [9.17, 15) is 14.0 Å². The average molecular weight is 496 g/mol. The van der Waals surface area contributed by atoms with Gasteiger partial charge in [0.25, 0.3) is 5.91 Å². The third-order valence-electron chi connectivity index (χ3n) is 7.24. The van der Waals surface area contributed by atoms with E-state index in [2.05, 4.69) is 24.1 Å². The number of anilines is 1. The molecule has 1 heterocycles. The van der Waals surface area contributed by atoms with Crippen LogP contribution in [0.1, 0.15) is 88.2 Å². The SMILES string of the molecule is CC(=O)N1CCCCCCCN(C(C)C)Cc2cc(C(=O)NCC(C)(C)c3ccccc3F)ccc21.